The van der Waals surface area contributed by atoms with E-state index in [4.69, 9.17) is 11.6 Å². The van der Waals surface area contributed by atoms with E-state index in [0.717, 1.165) is 41.0 Å². The topological polar surface area (TPSA) is 59.8 Å². The van der Waals surface area contributed by atoms with Crippen LogP contribution in [0.5, 0.6) is 0 Å². The van der Waals surface area contributed by atoms with E-state index >= 15 is 0 Å². The van der Waals surface area contributed by atoms with Crippen LogP contribution in [-0.2, 0) is 19.1 Å². The van der Waals surface area contributed by atoms with Gasteiger partial charge in [0.2, 0.25) is 0 Å². The monoisotopic (exact) mass is 490 g/mol. The van der Waals surface area contributed by atoms with Crippen molar-refractivity contribution in [3.63, 3.8) is 0 Å². The van der Waals surface area contributed by atoms with Gasteiger partial charge in [-0.25, -0.2) is 0 Å². The predicted molar refractivity (Wildman–Crippen MR) is 119 cm³/mol. The molecular weight excluding hydrogens is 469 g/mol. The summed E-state index contributed by atoms with van der Waals surface area (Å²) in [6.45, 7) is 5.46. The second kappa shape index (κ2) is 9.79. The maximum absolute atomic E-state index is 12.9. The normalized spacial score (nSPS) is 12.1. The number of halogens is 4. The SMILES string of the molecule is CSc1nnc(CCCNC(=O)c2sc3cc(C(F)(F)F)ccc3c2Cl)n1CC(C)C. The van der Waals surface area contributed by atoms with Gasteiger partial charge in [0.1, 0.15) is 10.7 Å². The number of aromatic nitrogens is 3. The Hall–Kier alpha value is -1.78. The van der Waals surface area contributed by atoms with Crippen LogP contribution in [0.1, 0.15) is 41.3 Å². The molecule has 0 fully saturated rings. The van der Waals surface area contributed by atoms with Crippen molar-refractivity contribution < 1.29 is 18.0 Å². The first-order chi connectivity index (χ1) is 14.6. The molecule has 0 saturated carbocycles. The van der Waals surface area contributed by atoms with E-state index in [-0.39, 0.29) is 9.90 Å². The number of nitrogens with one attached hydrogen (secondary N) is 1. The molecule has 11 heteroatoms. The predicted octanol–water partition coefficient (Wildman–Crippen LogP) is 5.91. The number of nitrogens with zero attached hydrogens (tertiary/aromatic N) is 3. The summed E-state index contributed by atoms with van der Waals surface area (Å²) < 4.78 is 41.2. The Balaban J connectivity index is 1.63. The van der Waals surface area contributed by atoms with E-state index in [0.29, 0.717) is 35.4 Å². The minimum atomic E-state index is -4.45. The molecule has 0 unspecified atom stereocenters. The number of carbonyl (C=O) groups is 1. The van der Waals surface area contributed by atoms with Crippen molar-refractivity contribution in [2.45, 2.75) is 44.6 Å². The van der Waals surface area contributed by atoms with E-state index in [1.54, 1.807) is 11.8 Å². The molecule has 3 rings (SSSR count). The fourth-order valence-corrected chi connectivity index (χ4v) is 5.12. The molecule has 0 spiro atoms. The molecule has 5 nitrogen and oxygen atoms in total. The van der Waals surface area contributed by atoms with Crippen molar-refractivity contribution in [1.82, 2.24) is 20.1 Å². The van der Waals surface area contributed by atoms with Gasteiger partial charge in [0.15, 0.2) is 5.16 Å². The Kier molecular flexibility index (Phi) is 7.54. The quantitative estimate of drug-likeness (QED) is 0.315. The van der Waals surface area contributed by atoms with Crippen LogP contribution in [-0.4, -0.2) is 33.5 Å². The molecule has 0 bridgehead atoms. The van der Waals surface area contributed by atoms with Crippen LogP contribution in [0.15, 0.2) is 23.4 Å². The Labute approximate surface area is 191 Å². The molecule has 2 heterocycles. The smallest absolute Gasteiger partial charge is 0.351 e. The number of benzene rings is 1. The lowest BCUT2D eigenvalue weighted by Crippen LogP contribution is -2.24. The zero-order chi connectivity index (χ0) is 22.8. The highest BCUT2D eigenvalue weighted by molar-refractivity contribution is 7.98. The number of rotatable bonds is 8. The third kappa shape index (κ3) is 5.53. The lowest BCUT2D eigenvalue weighted by molar-refractivity contribution is -0.137. The highest BCUT2D eigenvalue weighted by atomic mass is 35.5. The van der Waals surface area contributed by atoms with E-state index < -0.39 is 17.6 Å². The van der Waals surface area contributed by atoms with Crippen molar-refractivity contribution >= 4 is 50.7 Å². The lowest BCUT2D eigenvalue weighted by Gasteiger charge is -2.11. The molecule has 2 aromatic heterocycles. The van der Waals surface area contributed by atoms with Crippen LogP contribution in [0.3, 0.4) is 0 Å². The zero-order valence-electron chi connectivity index (χ0n) is 17.2. The number of thioether (sulfide) groups is 1. The molecule has 0 aliphatic carbocycles. The maximum atomic E-state index is 12.9. The van der Waals surface area contributed by atoms with Crippen LogP contribution in [0.25, 0.3) is 10.1 Å². The summed E-state index contributed by atoms with van der Waals surface area (Å²) in [6.07, 6.45) is -1.19. The molecule has 168 valence electrons. The summed E-state index contributed by atoms with van der Waals surface area (Å²) in [5.74, 6) is 0.924. The Morgan fingerprint density at radius 3 is 2.71 bits per heavy atom. The largest absolute Gasteiger partial charge is 0.416 e. The average molecular weight is 491 g/mol. The average Bonchev–Trinajstić information content (AvgIpc) is 3.24. The van der Waals surface area contributed by atoms with Crippen LogP contribution in [0, 0.1) is 5.92 Å². The van der Waals surface area contributed by atoms with E-state index in [9.17, 15) is 18.0 Å². The molecule has 1 N–H and O–H groups in total. The highest BCUT2D eigenvalue weighted by Gasteiger charge is 2.31. The number of hydrogen-bond acceptors (Lipinski definition) is 5. The van der Waals surface area contributed by atoms with Gasteiger partial charge < -0.3 is 9.88 Å². The molecule has 0 radical (unpaired) electrons. The number of alkyl halides is 3. The number of carbonyl (C=O) groups excluding carboxylic acids is 1. The highest BCUT2D eigenvalue weighted by Crippen LogP contribution is 2.39. The molecule has 0 atom stereocenters. The van der Waals surface area contributed by atoms with Crippen molar-refractivity contribution in [2.24, 2.45) is 5.92 Å². The Bertz CT molecular complexity index is 1080. The third-order valence-electron chi connectivity index (χ3n) is 4.55. The first-order valence-electron chi connectivity index (χ1n) is 9.65. The van der Waals surface area contributed by atoms with Crippen molar-refractivity contribution in [2.75, 3.05) is 12.8 Å². The number of amides is 1. The van der Waals surface area contributed by atoms with Crippen molar-refractivity contribution in [1.29, 1.82) is 0 Å². The summed E-state index contributed by atoms with van der Waals surface area (Å²) in [7, 11) is 0. The van der Waals surface area contributed by atoms with Gasteiger partial charge in [0.05, 0.1) is 10.6 Å². The number of aryl methyl sites for hydroxylation is 1. The molecular formula is C20H22ClF3N4OS2. The molecule has 0 aliphatic rings. The minimum Gasteiger partial charge on any atom is -0.351 e. The first kappa shape index (κ1) is 23.9. The van der Waals surface area contributed by atoms with E-state index in [1.165, 1.54) is 6.07 Å². The number of thiophene rings is 1. The summed E-state index contributed by atoms with van der Waals surface area (Å²) >= 11 is 8.76. The number of hydrogen-bond donors (Lipinski definition) is 1. The van der Waals surface area contributed by atoms with Gasteiger partial charge in [0, 0.05) is 29.6 Å². The van der Waals surface area contributed by atoms with Gasteiger partial charge in [-0.05, 0) is 30.7 Å². The third-order valence-corrected chi connectivity index (χ3v) is 6.87. The molecule has 1 aromatic carbocycles. The molecule has 0 saturated heterocycles. The molecule has 0 aliphatic heterocycles. The van der Waals surface area contributed by atoms with Crippen molar-refractivity contribution in [3.05, 3.63) is 39.5 Å². The zero-order valence-corrected chi connectivity index (χ0v) is 19.6. The van der Waals surface area contributed by atoms with Gasteiger partial charge >= 0.3 is 6.18 Å². The fourth-order valence-electron chi connectivity index (χ4n) is 3.12. The van der Waals surface area contributed by atoms with Crippen LogP contribution in [0.4, 0.5) is 13.2 Å². The van der Waals surface area contributed by atoms with Gasteiger partial charge in [-0.3, -0.25) is 4.79 Å². The van der Waals surface area contributed by atoms with E-state index in [2.05, 4.69) is 33.9 Å². The maximum Gasteiger partial charge on any atom is 0.416 e. The standard InChI is InChI=1S/C20H22ClF3N4OS2/c1-11(2)10-28-15(26-27-19(28)30-3)5-4-8-25-18(29)17-16(21)13-7-6-12(20(22,23)24)9-14(13)31-17/h6-7,9,11H,4-5,8,10H2,1-3H3,(H,25,29). The second-order valence-electron chi connectivity index (χ2n) is 7.42. The Morgan fingerprint density at radius 2 is 2.06 bits per heavy atom. The summed E-state index contributed by atoms with van der Waals surface area (Å²) in [5, 5.41) is 12.7. The summed E-state index contributed by atoms with van der Waals surface area (Å²) in [6, 6.07) is 3.30. The summed E-state index contributed by atoms with van der Waals surface area (Å²) in [5.41, 5.74) is -0.764. The molecule has 1 amide bonds. The van der Waals surface area contributed by atoms with Crippen LogP contribution >= 0.6 is 34.7 Å². The van der Waals surface area contributed by atoms with Gasteiger partial charge in [-0.2, -0.15) is 13.2 Å². The lowest BCUT2D eigenvalue weighted by atomic mass is 10.1. The van der Waals surface area contributed by atoms with E-state index in [1.807, 2.05) is 6.26 Å². The summed E-state index contributed by atoms with van der Waals surface area (Å²) in [4.78, 5) is 12.8. The fraction of sp³-hybridized carbons (Fsp3) is 0.450. The molecule has 31 heavy (non-hydrogen) atoms. The van der Waals surface area contributed by atoms with Crippen LogP contribution in [0.2, 0.25) is 5.02 Å². The minimum absolute atomic E-state index is 0.174. The van der Waals surface area contributed by atoms with Crippen LogP contribution < -0.4 is 5.32 Å². The van der Waals surface area contributed by atoms with Crippen molar-refractivity contribution in [3.8, 4) is 0 Å². The second-order valence-corrected chi connectivity index (χ2v) is 9.62. The van der Waals surface area contributed by atoms with Gasteiger partial charge in [0.25, 0.3) is 5.91 Å². The first-order valence-corrected chi connectivity index (χ1v) is 12.1. The molecule has 3 aromatic rings. The number of fused-ring (bicyclic) bond motifs is 1. The van der Waals surface area contributed by atoms with Gasteiger partial charge in [-0.15, -0.1) is 21.5 Å². The Morgan fingerprint density at radius 1 is 1.32 bits per heavy atom. The van der Waals surface area contributed by atoms with Gasteiger partial charge in [-0.1, -0.05) is 43.3 Å².